The largest absolute Gasteiger partial charge is 0.497 e. The van der Waals surface area contributed by atoms with Crippen molar-refractivity contribution < 1.29 is 28.6 Å². The van der Waals surface area contributed by atoms with Crippen LogP contribution in [0.4, 0.5) is 0 Å². The molecule has 0 saturated carbocycles. The first-order valence-electron chi connectivity index (χ1n) is 6.79. The second kappa shape index (κ2) is 7.36. The molecule has 0 N–H and O–H groups in total. The molecule has 0 unspecified atom stereocenters. The van der Waals surface area contributed by atoms with E-state index in [-0.39, 0.29) is 23.7 Å². The van der Waals surface area contributed by atoms with Crippen LogP contribution in [-0.2, 0) is 16.0 Å². The summed E-state index contributed by atoms with van der Waals surface area (Å²) in [7, 11) is 3.77. The fraction of sp³-hybridized carbons (Fsp3) is 0.267. The summed E-state index contributed by atoms with van der Waals surface area (Å²) in [6.45, 7) is -0.304. The maximum atomic E-state index is 12.4. The van der Waals surface area contributed by atoms with Gasteiger partial charge in [0, 0.05) is 5.56 Å². The SMILES string of the molecule is COC(=O)c1nnn(CC(=O)c2cccc(OC)c2)c1C(=O)OC. The molecule has 0 aliphatic rings. The Balaban J connectivity index is 2.35. The first-order chi connectivity index (χ1) is 11.5. The molecule has 0 bridgehead atoms. The van der Waals surface area contributed by atoms with E-state index in [2.05, 4.69) is 19.8 Å². The van der Waals surface area contributed by atoms with Gasteiger partial charge in [0.2, 0.25) is 5.69 Å². The lowest BCUT2D eigenvalue weighted by Crippen LogP contribution is -2.20. The molecular weight excluding hydrogens is 318 g/mol. The van der Waals surface area contributed by atoms with Gasteiger partial charge < -0.3 is 14.2 Å². The number of carbonyl (C=O) groups excluding carboxylic acids is 3. The van der Waals surface area contributed by atoms with E-state index >= 15 is 0 Å². The number of hydrogen-bond donors (Lipinski definition) is 0. The molecule has 1 aromatic heterocycles. The third-order valence-electron chi connectivity index (χ3n) is 3.18. The van der Waals surface area contributed by atoms with Crippen molar-refractivity contribution in [3.8, 4) is 5.75 Å². The zero-order valence-corrected chi connectivity index (χ0v) is 13.3. The molecule has 9 heteroatoms. The topological polar surface area (TPSA) is 110 Å². The van der Waals surface area contributed by atoms with Gasteiger partial charge in [0.05, 0.1) is 21.3 Å². The smallest absolute Gasteiger partial charge is 0.361 e. The van der Waals surface area contributed by atoms with E-state index < -0.39 is 11.9 Å². The molecule has 126 valence electrons. The van der Waals surface area contributed by atoms with E-state index in [0.717, 1.165) is 18.9 Å². The summed E-state index contributed by atoms with van der Waals surface area (Å²) in [6.07, 6.45) is 0. The number of ether oxygens (including phenoxy) is 3. The Labute approximate surface area is 137 Å². The minimum atomic E-state index is -0.851. The molecule has 0 fully saturated rings. The van der Waals surface area contributed by atoms with Crippen LogP contribution in [0.1, 0.15) is 31.3 Å². The van der Waals surface area contributed by atoms with Crippen molar-refractivity contribution in [1.82, 2.24) is 15.0 Å². The summed E-state index contributed by atoms with van der Waals surface area (Å²) in [5, 5.41) is 7.27. The number of benzene rings is 1. The molecule has 24 heavy (non-hydrogen) atoms. The van der Waals surface area contributed by atoms with Gasteiger partial charge in [0.25, 0.3) is 0 Å². The molecule has 1 aromatic carbocycles. The molecule has 0 spiro atoms. The van der Waals surface area contributed by atoms with Crippen molar-refractivity contribution in [1.29, 1.82) is 0 Å². The lowest BCUT2D eigenvalue weighted by Gasteiger charge is -2.06. The first-order valence-corrected chi connectivity index (χ1v) is 6.79. The van der Waals surface area contributed by atoms with Crippen molar-refractivity contribution in [2.75, 3.05) is 21.3 Å². The van der Waals surface area contributed by atoms with E-state index in [1.165, 1.54) is 7.11 Å². The maximum absolute atomic E-state index is 12.4. The summed E-state index contributed by atoms with van der Waals surface area (Å²) in [5.41, 5.74) is -0.205. The molecule has 2 aromatic rings. The predicted octanol–water partition coefficient (Wildman–Crippen LogP) is 0.743. The maximum Gasteiger partial charge on any atom is 0.361 e. The van der Waals surface area contributed by atoms with Gasteiger partial charge >= 0.3 is 11.9 Å². The highest BCUT2D eigenvalue weighted by molar-refractivity contribution is 6.01. The van der Waals surface area contributed by atoms with E-state index in [1.807, 2.05) is 0 Å². The van der Waals surface area contributed by atoms with Crippen LogP contribution < -0.4 is 4.74 Å². The Kier molecular flexibility index (Phi) is 5.25. The number of hydrogen-bond acceptors (Lipinski definition) is 8. The summed E-state index contributed by atoms with van der Waals surface area (Å²) in [5.74, 6) is -1.53. The van der Waals surface area contributed by atoms with Crippen molar-refractivity contribution in [3.05, 3.63) is 41.2 Å². The van der Waals surface area contributed by atoms with Crippen molar-refractivity contribution in [2.24, 2.45) is 0 Å². The molecular formula is C15H15N3O6. The summed E-state index contributed by atoms with van der Waals surface area (Å²) in [4.78, 5) is 35.9. The zero-order valence-electron chi connectivity index (χ0n) is 13.3. The number of esters is 2. The average molecular weight is 333 g/mol. The van der Waals surface area contributed by atoms with Gasteiger partial charge in [-0.25, -0.2) is 14.3 Å². The Morgan fingerprint density at radius 3 is 2.42 bits per heavy atom. The van der Waals surface area contributed by atoms with Crippen molar-refractivity contribution >= 4 is 17.7 Å². The van der Waals surface area contributed by atoms with Gasteiger partial charge in [-0.1, -0.05) is 17.3 Å². The third kappa shape index (κ3) is 3.40. The van der Waals surface area contributed by atoms with Gasteiger partial charge in [-0.15, -0.1) is 5.10 Å². The highest BCUT2D eigenvalue weighted by Crippen LogP contribution is 2.15. The van der Waals surface area contributed by atoms with Gasteiger partial charge in [0.15, 0.2) is 11.5 Å². The van der Waals surface area contributed by atoms with E-state index in [4.69, 9.17) is 4.74 Å². The van der Waals surface area contributed by atoms with Crippen LogP contribution in [0.25, 0.3) is 0 Å². The second-order valence-corrected chi connectivity index (χ2v) is 4.58. The van der Waals surface area contributed by atoms with Crippen LogP contribution in [-0.4, -0.2) is 54.0 Å². The molecule has 0 aliphatic carbocycles. The molecule has 0 atom stereocenters. The molecule has 0 saturated heterocycles. The number of nitrogens with zero attached hydrogens (tertiary/aromatic N) is 3. The molecule has 2 rings (SSSR count). The Morgan fingerprint density at radius 2 is 1.79 bits per heavy atom. The fourth-order valence-electron chi connectivity index (χ4n) is 1.98. The van der Waals surface area contributed by atoms with E-state index in [9.17, 15) is 14.4 Å². The normalized spacial score (nSPS) is 10.1. The minimum Gasteiger partial charge on any atom is -0.497 e. The molecule has 0 radical (unpaired) electrons. The van der Waals surface area contributed by atoms with Crippen LogP contribution in [0.3, 0.4) is 0 Å². The minimum absolute atomic E-state index is 0.249. The van der Waals surface area contributed by atoms with Crippen LogP contribution in [0.5, 0.6) is 5.75 Å². The molecule has 1 heterocycles. The van der Waals surface area contributed by atoms with Gasteiger partial charge in [-0.3, -0.25) is 4.79 Å². The third-order valence-corrected chi connectivity index (χ3v) is 3.18. The highest BCUT2D eigenvalue weighted by atomic mass is 16.5. The van der Waals surface area contributed by atoms with Crippen LogP contribution in [0, 0.1) is 0 Å². The van der Waals surface area contributed by atoms with Gasteiger partial charge in [-0.2, -0.15) is 0 Å². The number of aromatic nitrogens is 3. The summed E-state index contributed by atoms with van der Waals surface area (Å²) >= 11 is 0. The van der Waals surface area contributed by atoms with Crippen molar-refractivity contribution in [2.45, 2.75) is 6.54 Å². The number of carbonyl (C=O) groups is 3. The first kappa shape index (κ1) is 17.1. The predicted molar refractivity (Wildman–Crippen MR) is 80.0 cm³/mol. The van der Waals surface area contributed by atoms with Crippen molar-refractivity contribution in [3.63, 3.8) is 0 Å². The molecule has 0 aliphatic heterocycles. The summed E-state index contributed by atoms with van der Waals surface area (Å²) < 4.78 is 15.2. The van der Waals surface area contributed by atoms with Crippen LogP contribution in [0.15, 0.2) is 24.3 Å². The quantitative estimate of drug-likeness (QED) is 0.562. The number of Topliss-reactive ketones (excluding diaryl/α,β-unsaturated/α-hetero) is 1. The van der Waals surface area contributed by atoms with E-state index in [1.54, 1.807) is 24.3 Å². The molecule has 9 nitrogen and oxygen atoms in total. The monoisotopic (exact) mass is 333 g/mol. The lowest BCUT2D eigenvalue weighted by molar-refractivity contribution is 0.0543. The lowest BCUT2D eigenvalue weighted by atomic mass is 10.1. The Morgan fingerprint density at radius 1 is 1.08 bits per heavy atom. The average Bonchev–Trinajstić information content (AvgIpc) is 3.03. The highest BCUT2D eigenvalue weighted by Gasteiger charge is 2.27. The second-order valence-electron chi connectivity index (χ2n) is 4.58. The van der Waals surface area contributed by atoms with Crippen LogP contribution >= 0.6 is 0 Å². The number of rotatable bonds is 6. The van der Waals surface area contributed by atoms with Crippen LogP contribution in [0.2, 0.25) is 0 Å². The van der Waals surface area contributed by atoms with Gasteiger partial charge in [-0.05, 0) is 12.1 Å². The standard InChI is InChI=1S/C15H15N3O6/c1-22-10-6-4-5-9(7-10)11(19)8-18-13(15(21)24-3)12(16-17-18)14(20)23-2/h4-7H,8H2,1-3H3. The Bertz CT molecular complexity index is 783. The van der Waals surface area contributed by atoms with E-state index in [0.29, 0.717) is 11.3 Å². The Hall–Kier alpha value is -3.23. The number of ketones is 1. The molecule has 0 amide bonds. The number of methoxy groups -OCH3 is 3. The summed E-state index contributed by atoms with van der Waals surface area (Å²) in [6, 6.07) is 6.51. The zero-order chi connectivity index (χ0) is 17.7. The van der Waals surface area contributed by atoms with Gasteiger partial charge in [0.1, 0.15) is 12.3 Å². The fourth-order valence-corrected chi connectivity index (χ4v) is 1.98.